The molecule has 0 unspecified atom stereocenters. The van der Waals surface area contributed by atoms with Crippen LogP contribution in [0.5, 0.6) is 0 Å². The van der Waals surface area contributed by atoms with Gasteiger partial charge in [-0.25, -0.2) is 0 Å². The first-order valence-electron chi connectivity index (χ1n) is 3.82. The predicted molar refractivity (Wildman–Crippen MR) is 51.2 cm³/mol. The molecule has 2 aromatic rings. The summed E-state index contributed by atoms with van der Waals surface area (Å²) in [6, 6.07) is 9.63. The highest BCUT2D eigenvalue weighted by molar-refractivity contribution is 5.80. The number of hydrogen-bond acceptors (Lipinski definition) is 2. The molecule has 0 spiro atoms. The van der Waals surface area contributed by atoms with Crippen molar-refractivity contribution in [2.24, 2.45) is 0 Å². The van der Waals surface area contributed by atoms with Gasteiger partial charge in [0.05, 0.1) is 11.6 Å². The Hall–Kier alpha value is -1.79. The van der Waals surface area contributed by atoms with Crippen LogP contribution in [0, 0.1) is 11.3 Å². The molecule has 0 aliphatic carbocycles. The van der Waals surface area contributed by atoms with Crippen LogP contribution >= 0.6 is 0 Å². The summed E-state index contributed by atoms with van der Waals surface area (Å²) in [4.78, 5) is 3.06. The number of aromatic nitrogens is 1. The van der Waals surface area contributed by atoms with Crippen LogP contribution in [0.2, 0.25) is 0 Å². The van der Waals surface area contributed by atoms with Crippen molar-refractivity contribution in [1.29, 1.82) is 5.26 Å². The molecular weight excluding hydrogens is 164 g/mol. The van der Waals surface area contributed by atoms with E-state index in [0.29, 0.717) is 5.56 Å². The van der Waals surface area contributed by atoms with E-state index in [2.05, 4.69) is 11.1 Å². The van der Waals surface area contributed by atoms with Crippen molar-refractivity contribution >= 4 is 10.9 Å². The van der Waals surface area contributed by atoms with Gasteiger partial charge in [-0.3, -0.25) is 0 Å². The van der Waals surface area contributed by atoms with Crippen molar-refractivity contribution < 1.29 is 5.11 Å². The lowest BCUT2D eigenvalue weighted by atomic mass is 10.2. The molecule has 3 nitrogen and oxygen atoms in total. The fourth-order valence-electron chi connectivity index (χ4n) is 1.12. The van der Waals surface area contributed by atoms with Gasteiger partial charge in [0.2, 0.25) is 0 Å². The Labute approximate surface area is 76.2 Å². The second kappa shape index (κ2) is 4.29. The second-order valence-electron chi connectivity index (χ2n) is 2.39. The summed E-state index contributed by atoms with van der Waals surface area (Å²) in [5.74, 6) is 0. The normalized spacial score (nSPS) is 8.69. The summed E-state index contributed by atoms with van der Waals surface area (Å²) in [6.07, 6.45) is 1.87. The Kier molecular flexibility index (Phi) is 3.07. The summed E-state index contributed by atoms with van der Waals surface area (Å²) < 4.78 is 0. The first kappa shape index (κ1) is 9.30. The molecule has 0 aliphatic rings. The molecule has 0 radical (unpaired) electrons. The Morgan fingerprint density at radius 1 is 1.31 bits per heavy atom. The van der Waals surface area contributed by atoms with E-state index in [1.165, 1.54) is 0 Å². The van der Waals surface area contributed by atoms with Gasteiger partial charge in [0.25, 0.3) is 0 Å². The van der Waals surface area contributed by atoms with Gasteiger partial charge in [0.1, 0.15) is 0 Å². The lowest BCUT2D eigenvalue weighted by Gasteiger charge is -1.88. The van der Waals surface area contributed by atoms with Gasteiger partial charge in [0.15, 0.2) is 0 Å². The van der Waals surface area contributed by atoms with Gasteiger partial charge in [-0.2, -0.15) is 5.26 Å². The number of fused-ring (bicyclic) bond motifs is 1. The van der Waals surface area contributed by atoms with Crippen LogP contribution in [0.25, 0.3) is 10.9 Å². The van der Waals surface area contributed by atoms with Crippen LogP contribution in [0.1, 0.15) is 5.56 Å². The highest BCUT2D eigenvalue weighted by Gasteiger charge is 1.94. The van der Waals surface area contributed by atoms with E-state index in [-0.39, 0.29) is 0 Å². The van der Waals surface area contributed by atoms with Crippen molar-refractivity contribution in [3.8, 4) is 6.07 Å². The minimum Gasteiger partial charge on any atom is -0.400 e. The predicted octanol–water partition coefficient (Wildman–Crippen LogP) is 1.65. The molecule has 3 heteroatoms. The minimum atomic E-state index is 0.706. The number of nitrogens with one attached hydrogen (secondary N) is 1. The second-order valence-corrected chi connectivity index (χ2v) is 2.39. The molecule has 2 N–H and O–H groups in total. The first-order valence-corrected chi connectivity index (χ1v) is 3.82. The molecule has 2 rings (SSSR count). The Morgan fingerprint density at radius 2 is 2.08 bits per heavy atom. The number of benzene rings is 1. The number of nitrogens with zero attached hydrogens (tertiary/aromatic N) is 1. The third-order valence-electron chi connectivity index (χ3n) is 1.68. The molecule has 0 fully saturated rings. The highest BCUT2D eigenvalue weighted by atomic mass is 16.2. The number of hydrogen-bond donors (Lipinski definition) is 2. The standard InChI is InChI=1S/C9H6N2.CH4O/c10-6-7-1-2-9-8(5-7)3-4-11-9;1-2/h1-5,11H;2H,1H3. The van der Waals surface area contributed by atoms with E-state index in [4.69, 9.17) is 10.4 Å². The van der Waals surface area contributed by atoms with Gasteiger partial charge >= 0.3 is 0 Å². The van der Waals surface area contributed by atoms with E-state index < -0.39 is 0 Å². The van der Waals surface area contributed by atoms with E-state index in [1.807, 2.05) is 24.4 Å². The largest absolute Gasteiger partial charge is 0.400 e. The Bertz CT molecular complexity index is 426. The molecule has 0 saturated carbocycles. The maximum Gasteiger partial charge on any atom is 0.0991 e. The molecule has 0 aliphatic heterocycles. The molecule has 0 atom stereocenters. The quantitative estimate of drug-likeness (QED) is 0.638. The zero-order chi connectivity index (χ0) is 9.68. The lowest BCUT2D eigenvalue weighted by Crippen LogP contribution is -1.71. The Morgan fingerprint density at radius 3 is 2.77 bits per heavy atom. The van der Waals surface area contributed by atoms with E-state index in [0.717, 1.165) is 18.0 Å². The van der Waals surface area contributed by atoms with Crippen LogP contribution in [-0.2, 0) is 0 Å². The summed E-state index contributed by atoms with van der Waals surface area (Å²) in [5.41, 5.74) is 1.78. The SMILES string of the molecule is CO.N#Cc1ccc2[nH]ccc2c1. The average Bonchev–Trinajstić information content (AvgIpc) is 2.67. The van der Waals surface area contributed by atoms with Gasteiger partial charge in [0, 0.05) is 24.2 Å². The van der Waals surface area contributed by atoms with Crippen molar-refractivity contribution in [3.05, 3.63) is 36.0 Å². The summed E-state index contributed by atoms with van der Waals surface area (Å²) >= 11 is 0. The molecule has 1 aromatic heterocycles. The van der Waals surface area contributed by atoms with Gasteiger partial charge in [-0.1, -0.05) is 0 Å². The topological polar surface area (TPSA) is 59.8 Å². The van der Waals surface area contributed by atoms with Crippen molar-refractivity contribution in [3.63, 3.8) is 0 Å². The monoisotopic (exact) mass is 174 g/mol. The van der Waals surface area contributed by atoms with Gasteiger partial charge < -0.3 is 10.1 Å². The van der Waals surface area contributed by atoms with Gasteiger partial charge in [-0.15, -0.1) is 0 Å². The zero-order valence-electron chi connectivity index (χ0n) is 7.28. The van der Waals surface area contributed by atoms with Crippen LogP contribution in [0.4, 0.5) is 0 Å². The minimum absolute atomic E-state index is 0.706. The maximum atomic E-state index is 8.57. The number of aliphatic hydroxyl groups excluding tert-OH is 1. The molecule has 13 heavy (non-hydrogen) atoms. The third kappa shape index (κ3) is 1.86. The van der Waals surface area contributed by atoms with Crippen molar-refractivity contribution in [2.45, 2.75) is 0 Å². The average molecular weight is 174 g/mol. The first-order chi connectivity index (χ1) is 6.40. The van der Waals surface area contributed by atoms with E-state index >= 15 is 0 Å². The fraction of sp³-hybridized carbons (Fsp3) is 0.100. The van der Waals surface area contributed by atoms with Crippen molar-refractivity contribution in [1.82, 2.24) is 4.98 Å². The summed E-state index contributed by atoms with van der Waals surface area (Å²) in [7, 11) is 1.00. The van der Waals surface area contributed by atoms with E-state index in [9.17, 15) is 0 Å². The number of aliphatic hydroxyl groups is 1. The molecule has 1 aromatic carbocycles. The van der Waals surface area contributed by atoms with E-state index in [1.54, 1.807) is 6.07 Å². The number of rotatable bonds is 0. The fourth-order valence-corrected chi connectivity index (χ4v) is 1.12. The molecule has 0 bridgehead atoms. The number of nitriles is 1. The summed E-state index contributed by atoms with van der Waals surface area (Å²) in [5, 5.41) is 16.7. The van der Waals surface area contributed by atoms with Crippen LogP contribution in [0.15, 0.2) is 30.5 Å². The lowest BCUT2D eigenvalue weighted by molar-refractivity contribution is 0.399. The molecule has 0 amide bonds. The molecule has 0 saturated heterocycles. The van der Waals surface area contributed by atoms with Crippen molar-refractivity contribution in [2.75, 3.05) is 7.11 Å². The Balaban J connectivity index is 0.000000396. The summed E-state index contributed by atoms with van der Waals surface area (Å²) in [6.45, 7) is 0. The highest BCUT2D eigenvalue weighted by Crippen LogP contribution is 2.12. The molecule has 66 valence electrons. The number of aromatic amines is 1. The number of H-pyrrole nitrogens is 1. The van der Waals surface area contributed by atoms with Crippen LogP contribution in [-0.4, -0.2) is 17.2 Å². The third-order valence-corrected chi connectivity index (χ3v) is 1.68. The molecular formula is C10H10N2O. The van der Waals surface area contributed by atoms with Crippen LogP contribution in [0.3, 0.4) is 0 Å². The van der Waals surface area contributed by atoms with Gasteiger partial charge in [-0.05, 0) is 24.3 Å². The maximum absolute atomic E-state index is 8.57. The molecule has 1 heterocycles. The smallest absolute Gasteiger partial charge is 0.0991 e. The zero-order valence-corrected chi connectivity index (χ0v) is 7.28. The van der Waals surface area contributed by atoms with Crippen LogP contribution < -0.4 is 0 Å².